The molecule has 2 N–H and O–H groups in total. The maximum atomic E-state index is 0. The second kappa shape index (κ2) is 54.7. The summed E-state index contributed by atoms with van der Waals surface area (Å²) in [7, 11) is 0. The van der Waals surface area contributed by atoms with E-state index in [-0.39, 0.29) is 41.1 Å². The summed E-state index contributed by atoms with van der Waals surface area (Å²) in [5.74, 6) is 0. The summed E-state index contributed by atoms with van der Waals surface area (Å²) in [4.78, 5) is 0. The molecule has 0 bridgehead atoms. The van der Waals surface area contributed by atoms with Crippen LogP contribution in [0.4, 0.5) is 0 Å². The van der Waals surface area contributed by atoms with Crippen LogP contribution in [0.2, 0.25) is 0 Å². The quantitative estimate of drug-likeness (QED) is 0.326. The molecule has 0 unspecified atom stereocenters. The average Bonchev–Trinajstić information content (AvgIpc) is 0. The molecule has 0 spiro atoms. The SMILES string of the molecule is O.[F-].[F-].[Zr+2]. The molecule has 0 atom stereocenters. The van der Waals surface area contributed by atoms with Crippen molar-refractivity contribution in [1.29, 1.82) is 0 Å². The van der Waals surface area contributed by atoms with E-state index < -0.39 is 0 Å². The van der Waals surface area contributed by atoms with Crippen LogP contribution in [0.1, 0.15) is 0 Å². The molecule has 0 fully saturated rings. The molecule has 0 saturated carbocycles. The van der Waals surface area contributed by atoms with Crippen molar-refractivity contribution < 1.29 is 41.1 Å². The van der Waals surface area contributed by atoms with Gasteiger partial charge in [-0.25, -0.2) is 0 Å². The van der Waals surface area contributed by atoms with Crippen molar-refractivity contribution in [2.24, 2.45) is 0 Å². The molecule has 0 amide bonds. The zero-order chi connectivity index (χ0) is 0. The largest absolute Gasteiger partial charge is 2.00 e. The molecule has 0 aromatic rings. The third-order valence-corrected chi connectivity index (χ3v) is 0. The summed E-state index contributed by atoms with van der Waals surface area (Å²) < 4.78 is 0. The minimum Gasteiger partial charge on any atom is -1.00 e. The molecule has 4 heavy (non-hydrogen) atoms. The Hall–Kier alpha value is 0.703. The first-order chi connectivity index (χ1) is 0. The fourth-order valence-electron chi connectivity index (χ4n) is 0. The van der Waals surface area contributed by atoms with Crippen LogP contribution in [0.15, 0.2) is 0 Å². The Labute approximate surface area is 41.6 Å². The molecule has 26 valence electrons. The molecule has 1 nitrogen and oxygen atoms in total. The summed E-state index contributed by atoms with van der Waals surface area (Å²) in [6.07, 6.45) is 0. The number of hydrogen-bond donors (Lipinski definition) is 0. The normalized spacial score (nSPS) is 0. The van der Waals surface area contributed by atoms with Crippen molar-refractivity contribution in [1.82, 2.24) is 0 Å². The summed E-state index contributed by atoms with van der Waals surface area (Å²) in [6, 6.07) is 0. The van der Waals surface area contributed by atoms with Crippen LogP contribution in [0.5, 0.6) is 0 Å². The molecule has 0 aliphatic carbocycles. The van der Waals surface area contributed by atoms with Crippen molar-refractivity contribution in [3.63, 3.8) is 0 Å². The second-order valence-electron chi connectivity index (χ2n) is 0. The van der Waals surface area contributed by atoms with E-state index in [0.29, 0.717) is 0 Å². The zero-order valence-corrected chi connectivity index (χ0v) is 4.21. The van der Waals surface area contributed by atoms with Gasteiger partial charge in [-0.15, -0.1) is 0 Å². The van der Waals surface area contributed by atoms with Gasteiger partial charge in [-0.2, -0.15) is 0 Å². The Morgan fingerprint density at radius 3 is 0.750 bits per heavy atom. The van der Waals surface area contributed by atoms with E-state index in [1.807, 2.05) is 0 Å². The standard InChI is InChI=1S/2FH.H2O.Zr/h2*1H;1H2;/q;;;+2/p-2. The summed E-state index contributed by atoms with van der Waals surface area (Å²) in [5.41, 5.74) is 0. The summed E-state index contributed by atoms with van der Waals surface area (Å²) in [5, 5.41) is 0. The minimum atomic E-state index is 0. The number of rotatable bonds is 0. The topological polar surface area (TPSA) is 31.5 Å². The van der Waals surface area contributed by atoms with E-state index in [0.717, 1.165) is 0 Å². The van der Waals surface area contributed by atoms with E-state index in [1.165, 1.54) is 0 Å². The van der Waals surface area contributed by atoms with Crippen molar-refractivity contribution in [2.75, 3.05) is 0 Å². The smallest absolute Gasteiger partial charge is 1.00 e. The van der Waals surface area contributed by atoms with Gasteiger partial charge in [-0.05, 0) is 0 Å². The molecular formula is H2F2OZr. The monoisotopic (exact) mass is 146 g/mol. The van der Waals surface area contributed by atoms with E-state index in [2.05, 4.69) is 0 Å². The maximum absolute atomic E-state index is 0. The molecule has 0 heterocycles. The average molecular weight is 147 g/mol. The van der Waals surface area contributed by atoms with Crippen molar-refractivity contribution >= 4 is 0 Å². The molecule has 0 aliphatic rings. The van der Waals surface area contributed by atoms with Crippen LogP contribution in [0.25, 0.3) is 0 Å². The predicted molar refractivity (Wildman–Crippen MR) is 3.61 cm³/mol. The fourth-order valence-corrected chi connectivity index (χ4v) is 0. The van der Waals surface area contributed by atoms with Gasteiger partial charge in [0.25, 0.3) is 0 Å². The molecule has 0 aliphatic heterocycles. The Kier molecular flexibility index (Phi) is 1790. The van der Waals surface area contributed by atoms with E-state index in [1.54, 1.807) is 0 Å². The van der Waals surface area contributed by atoms with Crippen LogP contribution < -0.4 is 9.41 Å². The molecule has 4 heteroatoms. The van der Waals surface area contributed by atoms with Crippen LogP contribution >= 0.6 is 0 Å². The van der Waals surface area contributed by atoms with Gasteiger partial charge >= 0.3 is 26.2 Å². The van der Waals surface area contributed by atoms with E-state index in [9.17, 15) is 0 Å². The molecule has 0 aromatic carbocycles. The van der Waals surface area contributed by atoms with Gasteiger partial charge in [0.15, 0.2) is 0 Å². The molecule has 0 saturated heterocycles. The van der Waals surface area contributed by atoms with E-state index in [4.69, 9.17) is 0 Å². The predicted octanol–water partition coefficient (Wildman–Crippen LogP) is -6.82. The van der Waals surface area contributed by atoms with Crippen molar-refractivity contribution in [3.8, 4) is 0 Å². The maximum Gasteiger partial charge on any atom is 2.00 e. The van der Waals surface area contributed by atoms with Crippen LogP contribution in [-0.2, 0) is 26.2 Å². The molecule has 0 radical (unpaired) electrons. The zero-order valence-electron chi connectivity index (χ0n) is 1.76. The first-order valence-corrected chi connectivity index (χ1v) is 0. The summed E-state index contributed by atoms with van der Waals surface area (Å²) >= 11 is 0. The Bertz CT molecular complexity index is 6.00. The van der Waals surface area contributed by atoms with Crippen LogP contribution in [0.3, 0.4) is 0 Å². The Morgan fingerprint density at radius 2 is 0.750 bits per heavy atom. The molecule has 0 aromatic heterocycles. The van der Waals surface area contributed by atoms with Gasteiger partial charge in [0.2, 0.25) is 0 Å². The second-order valence-corrected chi connectivity index (χ2v) is 0. The van der Waals surface area contributed by atoms with Crippen LogP contribution in [0, 0.1) is 0 Å². The van der Waals surface area contributed by atoms with Gasteiger partial charge in [0, 0.05) is 0 Å². The summed E-state index contributed by atoms with van der Waals surface area (Å²) in [6.45, 7) is 0. The third kappa shape index (κ3) is 15.9. The first-order valence-electron chi connectivity index (χ1n) is 0. The van der Waals surface area contributed by atoms with Gasteiger partial charge in [0.05, 0.1) is 0 Å². The minimum absolute atomic E-state index is 0. The first kappa shape index (κ1) is 130. The van der Waals surface area contributed by atoms with E-state index >= 15 is 0 Å². The fraction of sp³-hybridized carbons (Fsp3) is 0. The molecule has 0 rings (SSSR count). The van der Waals surface area contributed by atoms with Crippen molar-refractivity contribution in [3.05, 3.63) is 0 Å². The number of halogens is 2. The Balaban J connectivity index is 0. The van der Waals surface area contributed by atoms with Gasteiger partial charge in [-0.3, -0.25) is 0 Å². The van der Waals surface area contributed by atoms with Crippen LogP contribution in [-0.4, -0.2) is 5.48 Å². The van der Waals surface area contributed by atoms with Gasteiger partial charge in [-0.1, -0.05) is 0 Å². The number of hydrogen-bond acceptors (Lipinski definition) is 0. The third-order valence-electron chi connectivity index (χ3n) is 0. The van der Waals surface area contributed by atoms with Gasteiger partial charge in [0.1, 0.15) is 0 Å². The van der Waals surface area contributed by atoms with Crippen molar-refractivity contribution in [2.45, 2.75) is 0 Å². The Morgan fingerprint density at radius 1 is 0.750 bits per heavy atom. The molecular weight excluding hydrogens is 145 g/mol. The van der Waals surface area contributed by atoms with Gasteiger partial charge < -0.3 is 14.9 Å².